The standard InChI is InChI=1S/C14H10F2N2O3/c1-8-5-6-11(12(7-8)18(20)21)17-14(19)13-9(15)3-2-4-10(13)16/h2-7H,1H3,(H,17,19). The van der Waals surface area contributed by atoms with E-state index in [-0.39, 0.29) is 11.4 Å². The number of carbonyl (C=O) groups excluding carboxylic acids is 1. The Morgan fingerprint density at radius 2 is 1.81 bits per heavy atom. The third kappa shape index (κ3) is 3.02. The summed E-state index contributed by atoms with van der Waals surface area (Å²) >= 11 is 0. The Morgan fingerprint density at radius 3 is 2.38 bits per heavy atom. The maximum absolute atomic E-state index is 13.5. The summed E-state index contributed by atoms with van der Waals surface area (Å²) in [7, 11) is 0. The number of nitrogens with zero attached hydrogens (tertiary/aromatic N) is 1. The lowest BCUT2D eigenvalue weighted by atomic mass is 10.1. The number of rotatable bonds is 3. The SMILES string of the molecule is Cc1ccc(NC(=O)c2c(F)cccc2F)c([N+](=O)[O-])c1. The Labute approximate surface area is 118 Å². The van der Waals surface area contributed by atoms with Crippen molar-refractivity contribution in [1.29, 1.82) is 0 Å². The maximum atomic E-state index is 13.5. The van der Waals surface area contributed by atoms with Crippen LogP contribution in [0.15, 0.2) is 36.4 Å². The number of hydrogen-bond donors (Lipinski definition) is 1. The molecule has 0 heterocycles. The van der Waals surface area contributed by atoms with Gasteiger partial charge in [-0.15, -0.1) is 0 Å². The summed E-state index contributed by atoms with van der Waals surface area (Å²) in [6.45, 7) is 1.65. The van der Waals surface area contributed by atoms with E-state index in [1.165, 1.54) is 12.1 Å². The summed E-state index contributed by atoms with van der Waals surface area (Å²) in [6.07, 6.45) is 0. The fourth-order valence-electron chi connectivity index (χ4n) is 1.80. The molecule has 7 heteroatoms. The van der Waals surface area contributed by atoms with Gasteiger partial charge in [-0.1, -0.05) is 12.1 Å². The highest BCUT2D eigenvalue weighted by Gasteiger charge is 2.21. The summed E-state index contributed by atoms with van der Waals surface area (Å²) in [6, 6.07) is 7.09. The van der Waals surface area contributed by atoms with Gasteiger partial charge in [-0.25, -0.2) is 8.78 Å². The van der Waals surface area contributed by atoms with Crippen LogP contribution in [0.4, 0.5) is 20.2 Å². The molecular weight excluding hydrogens is 282 g/mol. The van der Waals surface area contributed by atoms with Gasteiger partial charge in [-0.2, -0.15) is 0 Å². The van der Waals surface area contributed by atoms with Gasteiger partial charge in [-0.05, 0) is 30.7 Å². The van der Waals surface area contributed by atoms with E-state index in [1.54, 1.807) is 13.0 Å². The number of aryl methyl sites for hydroxylation is 1. The largest absolute Gasteiger partial charge is 0.316 e. The van der Waals surface area contributed by atoms with Crippen LogP contribution in [0.3, 0.4) is 0 Å². The van der Waals surface area contributed by atoms with Gasteiger partial charge >= 0.3 is 0 Å². The minimum atomic E-state index is -1.09. The van der Waals surface area contributed by atoms with Gasteiger partial charge < -0.3 is 5.32 Å². The van der Waals surface area contributed by atoms with E-state index in [0.29, 0.717) is 5.56 Å². The van der Waals surface area contributed by atoms with Crippen LogP contribution in [0.2, 0.25) is 0 Å². The van der Waals surface area contributed by atoms with Crippen molar-refractivity contribution in [2.24, 2.45) is 0 Å². The van der Waals surface area contributed by atoms with Crippen molar-refractivity contribution in [3.63, 3.8) is 0 Å². The molecule has 0 unspecified atom stereocenters. The minimum Gasteiger partial charge on any atom is -0.316 e. The molecule has 2 rings (SSSR count). The molecule has 0 saturated heterocycles. The molecule has 0 bridgehead atoms. The number of nitro benzene ring substituents is 1. The zero-order chi connectivity index (χ0) is 15.6. The van der Waals surface area contributed by atoms with Crippen LogP contribution in [0.1, 0.15) is 15.9 Å². The number of amides is 1. The van der Waals surface area contributed by atoms with Crippen LogP contribution in [0, 0.1) is 28.7 Å². The number of benzene rings is 2. The lowest BCUT2D eigenvalue weighted by Crippen LogP contribution is -2.16. The Balaban J connectivity index is 2.39. The highest BCUT2D eigenvalue weighted by Crippen LogP contribution is 2.26. The molecule has 2 aromatic carbocycles. The van der Waals surface area contributed by atoms with Crippen LogP contribution in [0.5, 0.6) is 0 Å². The fraction of sp³-hybridized carbons (Fsp3) is 0.0714. The smallest absolute Gasteiger partial charge is 0.293 e. The predicted octanol–water partition coefficient (Wildman–Crippen LogP) is 3.43. The third-order valence-electron chi connectivity index (χ3n) is 2.79. The van der Waals surface area contributed by atoms with E-state index in [1.807, 2.05) is 0 Å². The summed E-state index contributed by atoms with van der Waals surface area (Å²) < 4.78 is 27.0. The Hall–Kier alpha value is -2.83. The Kier molecular flexibility index (Phi) is 3.93. The molecular formula is C14H10F2N2O3. The maximum Gasteiger partial charge on any atom is 0.293 e. The second-order valence-corrected chi connectivity index (χ2v) is 4.33. The molecule has 0 radical (unpaired) electrons. The van der Waals surface area contributed by atoms with E-state index in [4.69, 9.17) is 0 Å². The van der Waals surface area contributed by atoms with Crippen LogP contribution in [0.25, 0.3) is 0 Å². The molecule has 0 atom stereocenters. The number of nitrogens with one attached hydrogen (secondary N) is 1. The van der Waals surface area contributed by atoms with Crippen LogP contribution >= 0.6 is 0 Å². The summed E-state index contributed by atoms with van der Waals surface area (Å²) in [5, 5.41) is 13.1. The lowest BCUT2D eigenvalue weighted by Gasteiger charge is -2.08. The van der Waals surface area contributed by atoms with E-state index < -0.39 is 28.0 Å². The second-order valence-electron chi connectivity index (χ2n) is 4.33. The van der Waals surface area contributed by atoms with Crippen LogP contribution in [-0.4, -0.2) is 10.8 Å². The summed E-state index contributed by atoms with van der Waals surface area (Å²) in [5.74, 6) is -3.16. The number of carbonyl (C=O) groups is 1. The van der Waals surface area contributed by atoms with Gasteiger partial charge in [-0.3, -0.25) is 14.9 Å². The van der Waals surface area contributed by atoms with Crippen molar-refractivity contribution < 1.29 is 18.5 Å². The topological polar surface area (TPSA) is 72.2 Å². The summed E-state index contributed by atoms with van der Waals surface area (Å²) in [5.41, 5.74) is -0.637. The second kappa shape index (κ2) is 5.66. The first kappa shape index (κ1) is 14.6. The van der Waals surface area contributed by atoms with Gasteiger partial charge in [0.2, 0.25) is 0 Å². The van der Waals surface area contributed by atoms with Crippen molar-refractivity contribution in [2.75, 3.05) is 5.32 Å². The fourth-order valence-corrected chi connectivity index (χ4v) is 1.80. The Bertz CT molecular complexity index is 712. The number of nitro groups is 1. The summed E-state index contributed by atoms with van der Waals surface area (Å²) in [4.78, 5) is 22.2. The van der Waals surface area contributed by atoms with Gasteiger partial charge in [0.05, 0.1) is 4.92 Å². The normalized spacial score (nSPS) is 10.2. The highest BCUT2D eigenvalue weighted by molar-refractivity contribution is 6.05. The van der Waals surface area contributed by atoms with Crippen LogP contribution in [-0.2, 0) is 0 Å². The van der Waals surface area contributed by atoms with Gasteiger partial charge in [0.1, 0.15) is 22.9 Å². The molecule has 21 heavy (non-hydrogen) atoms. The molecule has 2 aromatic rings. The van der Waals surface area contributed by atoms with E-state index in [9.17, 15) is 23.7 Å². The van der Waals surface area contributed by atoms with Gasteiger partial charge in [0, 0.05) is 6.07 Å². The predicted molar refractivity (Wildman–Crippen MR) is 72.1 cm³/mol. The monoisotopic (exact) mass is 292 g/mol. The minimum absolute atomic E-state index is 0.127. The molecule has 0 aliphatic carbocycles. The number of halogens is 2. The van der Waals surface area contributed by atoms with Gasteiger partial charge in [0.15, 0.2) is 0 Å². The van der Waals surface area contributed by atoms with Crippen molar-refractivity contribution in [3.05, 3.63) is 69.3 Å². The molecule has 5 nitrogen and oxygen atoms in total. The van der Waals surface area contributed by atoms with Crippen molar-refractivity contribution >= 4 is 17.3 Å². The first-order valence-electron chi connectivity index (χ1n) is 5.90. The quantitative estimate of drug-likeness (QED) is 0.695. The molecule has 0 aliphatic rings. The van der Waals surface area contributed by atoms with Crippen molar-refractivity contribution in [2.45, 2.75) is 6.92 Å². The van der Waals surface area contributed by atoms with E-state index in [2.05, 4.69) is 5.32 Å². The first-order chi connectivity index (χ1) is 9.90. The zero-order valence-corrected chi connectivity index (χ0v) is 10.9. The molecule has 0 fully saturated rings. The molecule has 0 saturated carbocycles. The first-order valence-corrected chi connectivity index (χ1v) is 5.90. The highest BCUT2D eigenvalue weighted by atomic mass is 19.1. The lowest BCUT2D eigenvalue weighted by molar-refractivity contribution is -0.384. The Morgan fingerprint density at radius 1 is 1.19 bits per heavy atom. The zero-order valence-electron chi connectivity index (χ0n) is 10.9. The molecule has 0 spiro atoms. The average molecular weight is 292 g/mol. The van der Waals surface area contributed by atoms with Crippen molar-refractivity contribution in [1.82, 2.24) is 0 Å². The third-order valence-corrected chi connectivity index (χ3v) is 2.79. The molecule has 1 amide bonds. The van der Waals surface area contributed by atoms with Crippen LogP contribution < -0.4 is 5.32 Å². The van der Waals surface area contributed by atoms with E-state index in [0.717, 1.165) is 18.2 Å². The molecule has 0 aromatic heterocycles. The van der Waals surface area contributed by atoms with E-state index >= 15 is 0 Å². The number of anilines is 1. The molecule has 108 valence electrons. The van der Waals surface area contributed by atoms with Crippen molar-refractivity contribution in [3.8, 4) is 0 Å². The number of hydrogen-bond acceptors (Lipinski definition) is 3. The average Bonchev–Trinajstić information content (AvgIpc) is 2.40. The molecule has 1 N–H and O–H groups in total. The molecule has 0 aliphatic heterocycles. The van der Waals surface area contributed by atoms with Gasteiger partial charge in [0.25, 0.3) is 11.6 Å².